The summed E-state index contributed by atoms with van der Waals surface area (Å²) in [6.07, 6.45) is 8.81. The molecule has 2 atom stereocenters. The highest BCUT2D eigenvalue weighted by Crippen LogP contribution is 2.35. The number of aliphatic imine (C=N–C) groups is 1. The Morgan fingerprint density at radius 1 is 1.41 bits per heavy atom. The molecule has 1 aliphatic heterocycles. The van der Waals surface area contributed by atoms with Gasteiger partial charge in [0.15, 0.2) is 11.0 Å². The summed E-state index contributed by atoms with van der Waals surface area (Å²) in [5.74, 6) is 1.52. The molecule has 2 aliphatic rings. The molecule has 9 heteroatoms. The van der Waals surface area contributed by atoms with E-state index in [4.69, 9.17) is 15.2 Å². The van der Waals surface area contributed by atoms with E-state index in [1.54, 1.807) is 18.5 Å². The first-order valence-corrected chi connectivity index (χ1v) is 12.0. The minimum Gasteiger partial charge on any atom is -0.492 e. The van der Waals surface area contributed by atoms with Gasteiger partial charge in [-0.25, -0.2) is 4.39 Å². The maximum atomic E-state index is 13.7. The third kappa shape index (κ3) is 6.30. The molecular weight excluding hydrogens is 445 g/mol. The van der Waals surface area contributed by atoms with Crippen LogP contribution < -0.4 is 5.73 Å². The van der Waals surface area contributed by atoms with Crippen molar-refractivity contribution in [2.75, 3.05) is 39.1 Å². The van der Waals surface area contributed by atoms with Gasteiger partial charge in [-0.05, 0) is 50.3 Å². The lowest BCUT2D eigenvalue weighted by Crippen LogP contribution is -2.29. The molecule has 0 amide bonds. The molecule has 6 nitrogen and oxygen atoms in total. The Balaban J connectivity index is 1.78. The van der Waals surface area contributed by atoms with Crippen LogP contribution in [0.1, 0.15) is 44.4 Å². The van der Waals surface area contributed by atoms with Gasteiger partial charge >= 0.3 is 0 Å². The van der Waals surface area contributed by atoms with Crippen molar-refractivity contribution in [1.82, 2.24) is 9.88 Å². The van der Waals surface area contributed by atoms with Crippen LogP contribution in [0.3, 0.4) is 0 Å². The highest BCUT2D eigenvalue weighted by molar-refractivity contribution is 7.39. The summed E-state index contributed by atoms with van der Waals surface area (Å²) in [6, 6.07) is 1.78. The number of hydrogen-bond acceptors (Lipinski definition) is 6. The van der Waals surface area contributed by atoms with E-state index in [1.165, 1.54) is 12.0 Å². The second-order valence-electron chi connectivity index (χ2n) is 8.21. The minimum atomic E-state index is -1.54. The van der Waals surface area contributed by atoms with Crippen molar-refractivity contribution in [2.45, 2.75) is 38.3 Å². The van der Waals surface area contributed by atoms with E-state index in [2.05, 4.69) is 28.5 Å². The molecule has 174 valence electrons. The summed E-state index contributed by atoms with van der Waals surface area (Å²) in [5.41, 5.74) is 11.8. The maximum Gasteiger partial charge on any atom is 0.192 e. The number of nitrogens with two attached hydrogens (primary N) is 1. The number of nitrogen functional groups attached to an aromatic ring is 1. The lowest BCUT2D eigenvalue weighted by Gasteiger charge is -2.30. The Bertz CT molecular complexity index is 961. The fourth-order valence-electron chi connectivity index (χ4n) is 3.71. The molecule has 1 aromatic heterocycles. The summed E-state index contributed by atoms with van der Waals surface area (Å²) in [5, 5.41) is -1.54. The van der Waals surface area contributed by atoms with Gasteiger partial charge in [-0.15, -0.1) is 0 Å². The topological polar surface area (TPSA) is 73.0 Å². The molecule has 0 radical (unpaired) electrons. The number of nitrogens with zero attached hydrogens (tertiary/aromatic N) is 3. The van der Waals surface area contributed by atoms with Crippen LogP contribution in [0.15, 0.2) is 45.9 Å². The smallest absolute Gasteiger partial charge is 0.192 e. The standard InChI is InChI=1S/C23H33FN4O2P2/c1-4-29-21(17-6-5-7-17)20-18(19(25)8-9-27-20)12-26-11-16-10-15(2)22(28(3)13-16)30-14-23(24,31)32/h8-10,12H,4-7,11,13-14,31-32H2,1-3H3,(H2,25,27). The zero-order valence-electron chi connectivity index (χ0n) is 19.0. The molecule has 0 saturated heterocycles. The van der Waals surface area contributed by atoms with Crippen molar-refractivity contribution in [3.8, 4) is 0 Å². The Labute approximate surface area is 194 Å². The lowest BCUT2D eigenvalue weighted by atomic mass is 9.89. The SMILES string of the molecule is CCOC(=C1CCC1)c1nccc(N)c1C=NCC1=CC(C)=C(OCC(F)(P)P)N(C)C1. The molecule has 2 unspecified atom stereocenters. The Morgan fingerprint density at radius 2 is 2.16 bits per heavy atom. The monoisotopic (exact) mass is 478 g/mol. The van der Waals surface area contributed by atoms with Gasteiger partial charge in [0.05, 0.1) is 13.2 Å². The van der Waals surface area contributed by atoms with Crippen molar-refractivity contribution in [3.63, 3.8) is 0 Å². The van der Waals surface area contributed by atoms with E-state index in [0.29, 0.717) is 31.3 Å². The van der Waals surface area contributed by atoms with E-state index in [9.17, 15) is 4.39 Å². The number of pyridine rings is 1. The average Bonchev–Trinajstić information content (AvgIpc) is 2.66. The molecule has 0 spiro atoms. The second-order valence-corrected chi connectivity index (χ2v) is 10.8. The van der Waals surface area contributed by atoms with Gasteiger partial charge < -0.3 is 20.1 Å². The number of halogens is 1. The lowest BCUT2D eigenvalue weighted by molar-refractivity contribution is 0.0970. The maximum absolute atomic E-state index is 13.7. The molecule has 1 fully saturated rings. The summed E-state index contributed by atoms with van der Waals surface area (Å²) < 4.78 is 25.4. The van der Waals surface area contributed by atoms with Crippen LogP contribution in [-0.4, -0.2) is 54.6 Å². The summed E-state index contributed by atoms with van der Waals surface area (Å²) in [6.45, 7) is 5.63. The number of aromatic nitrogens is 1. The number of hydrogen-bond donors (Lipinski definition) is 1. The molecule has 2 N–H and O–H groups in total. The number of alkyl halides is 1. The Morgan fingerprint density at radius 3 is 2.75 bits per heavy atom. The van der Waals surface area contributed by atoms with E-state index >= 15 is 0 Å². The van der Waals surface area contributed by atoms with Crippen molar-refractivity contribution in [1.29, 1.82) is 0 Å². The number of likely N-dealkylation sites (N-methyl/N-ethyl adjacent to an activating group) is 1. The predicted molar refractivity (Wildman–Crippen MR) is 136 cm³/mol. The summed E-state index contributed by atoms with van der Waals surface area (Å²) in [4.78, 5) is 11.2. The fourth-order valence-corrected chi connectivity index (χ4v) is 3.88. The van der Waals surface area contributed by atoms with Crippen molar-refractivity contribution in [3.05, 3.63) is 52.2 Å². The van der Waals surface area contributed by atoms with Crippen LogP contribution in [0.25, 0.3) is 5.76 Å². The molecule has 32 heavy (non-hydrogen) atoms. The van der Waals surface area contributed by atoms with Gasteiger partial charge in [0.1, 0.15) is 18.1 Å². The summed E-state index contributed by atoms with van der Waals surface area (Å²) >= 11 is 0. The fraction of sp³-hybridized carbons (Fsp3) is 0.478. The molecule has 0 aromatic carbocycles. The van der Waals surface area contributed by atoms with Gasteiger partial charge in [-0.2, -0.15) is 0 Å². The quantitative estimate of drug-likeness (QED) is 0.321. The first-order valence-electron chi connectivity index (χ1n) is 10.8. The van der Waals surface area contributed by atoms with Gasteiger partial charge in [0.25, 0.3) is 0 Å². The van der Waals surface area contributed by atoms with Gasteiger partial charge in [0, 0.05) is 42.8 Å². The van der Waals surface area contributed by atoms with Crippen LogP contribution in [0, 0.1) is 0 Å². The normalized spacial score (nSPS) is 16.9. The third-order valence-corrected chi connectivity index (χ3v) is 5.63. The second kappa shape index (κ2) is 10.8. The number of anilines is 1. The summed E-state index contributed by atoms with van der Waals surface area (Å²) in [7, 11) is 6.17. The van der Waals surface area contributed by atoms with E-state index in [1.807, 2.05) is 31.9 Å². The number of ether oxygens (including phenoxy) is 2. The molecule has 1 saturated carbocycles. The predicted octanol–water partition coefficient (Wildman–Crippen LogP) is 4.51. The molecule has 1 aromatic rings. The van der Waals surface area contributed by atoms with Crippen molar-refractivity contribution < 1.29 is 13.9 Å². The van der Waals surface area contributed by atoms with E-state index < -0.39 is 5.15 Å². The van der Waals surface area contributed by atoms with Crippen molar-refractivity contribution in [2.24, 2.45) is 4.99 Å². The van der Waals surface area contributed by atoms with E-state index in [0.717, 1.165) is 41.0 Å². The average molecular weight is 478 g/mol. The van der Waals surface area contributed by atoms with Crippen molar-refractivity contribution >= 4 is 36.1 Å². The Hall–Kier alpha value is -1.97. The van der Waals surface area contributed by atoms with Gasteiger partial charge in [-0.3, -0.25) is 9.98 Å². The Kier molecular flexibility index (Phi) is 8.30. The van der Waals surface area contributed by atoms with Crippen LogP contribution in [0.4, 0.5) is 10.1 Å². The molecule has 1 aliphatic carbocycles. The van der Waals surface area contributed by atoms with Gasteiger partial charge in [-0.1, -0.05) is 24.6 Å². The first kappa shape index (κ1) is 24.7. The zero-order chi connectivity index (χ0) is 23.3. The number of allylic oxidation sites excluding steroid dienone is 3. The molecular formula is C23H33FN4O2P2. The first-order chi connectivity index (χ1) is 15.2. The number of rotatable bonds is 9. The molecule has 2 heterocycles. The van der Waals surface area contributed by atoms with Crippen LogP contribution in [0.5, 0.6) is 0 Å². The van der Waals surface area contributed by atoms with Crippen LogP contribution >= 0.6 is 18.5 Å². The zero-order valence-corrected chi connectivity index (χ0v) is 21.3. The minimum absolute atomic E-state index is 0.0542. The molecule has 3 rings (SSSR count). The van der Waals surface area contributed by atoms with Crippen LogP contribution in [-0.2, 0) is 9.47 Å². The van der Waals surface area contributed by atoms with Gasteiger partial charge in [0.2, 0.25) is 0 Å². The largest absolute Gasteiger partial charge is 0.492 e. The highest BCUT2D eigenvalue weighted by atomic mass is 31.1. The van der Waals surface area contributed by atoms with E-state index in [-0.39, 0.29) is 6.61 Å². The third-order valence-electron chi connectivity index (χ3n) is 5.30. The highest BCUT2D eigenvalue weighted by Gasteiger charge is 2.23. The van der Waals surface area contributed by atoms with Crippen LogP contribution in [0.2, 0.25) is 0 Å². The molecule has 0 bridgehead atoms.